The summed E-state index contributed by atoms with van der Waals surface area (Å²) < 4.78 is 38.6. The lowest BCUT2D eigenvalue weighted by Gasteiger charge is -2.12. The highest BCUT2D eigenvalue weighted by Crippen LogP contribution is 2.33. The molecular weight excluding hydrogens is 349 g/mol. The molecule has 0 amide bonds. The molecule has 1 aromatic carbocycles. The summed E-state index contributed by atoms with van der Waals surface area (Å²) in [6.07, 6.45) is -3.05. The van der Waals surface area contributed by atoms with Gasteiger partial charge < -0.3 is 10.6 Å². The maximum atomic E-state index is 12.7. The predicted octanol–water partition coefficient (Wildman–Crippen LogP) is 4.43. The molecule has 0 spiro atoms. The van der Waals surface area contributed by atoms with Crippen LogP contribution in [-0.4, -0.2) is 16.5 Å². The zero-order valence-electron chi connectivity index (χ0n) is 11.0. The van der Waals surface area contributed by atoms with Gasteiger partial charge in [0.1, 0.15) is 22.4 Å². The number of hydrogen-bond donors (Lipinski definition) is 2. The highest BCUT2D eigenvalue weighted by atomic mass is 79.9. The van der Waals surface area contributed by atoms with E-state index < -0.39 is 11.7 Å². The van der Waals surface area contributed by atoms with Gasteiger partial charge in [-0.25, -0.2) is 9.97 Å². The smallest absolute Gasteiger partial charge is 0.369 e. The fourth-order valence-corrected chi connectivity index (χ4v) is 2.10. The van der Waals surface area contributed by atoms with Crippen LogP contribution in [0.25, 0.3) is 0 Å². The van der Waals surface area contributed by atoms with Gasteiger partial charge >= 0.3 is 6.18 Å². The molecule has 4 nitrogen and oxygen atoms in total. The van der Waals surface area contributed by atoms with Crippen molar-refractivity contribution in [1.82, 2.24) is 9.97 Å². The van der Waals surface area contributed by atoms with Gasteiger partial charge in [-0.1, -0.05) is 6.07 Å². The van der Waals surface area contributed by atoms with E-state index in [0.29, 0.717) is 28.3 Å². The second-order valence-corrected chi connectivity index (χ2v) is 4.91. The van der Waals surface area contributed by atoms with Crippen molar-refractivity contribution in [2.24, 2.45) is 0 Å². The third-order valence-electron chi connectivity index (χ3n) is 2.59. The van der Waals surface area contributed by atoms with Gasteiger partial charge in [-0.15, -0.1) is 0 Å². The number of anilines is 3. The van der Waals surface area contributed by atoms with Crippen LogP contribution < -0.4 is 10.6 Å². The topological polar surface area (TPSA) is 49.8 Å². The van der Waals surface area contributed by atoms with Crippen molar-refractivity contribution in [3.8, 4) is 0 Å². The highest BCUT2D eigenvalue weighted by molar-refractivity contribution is 9.10. The average molecular weight is 361 g/mol. The van der Waals surface area contributed by atoms with Crippen molar-refractivity contribution in [2.45, 2.75) is 13.1 Å². The van der Waals surface area contributed by atoms with Gasteiger partial charge in [-0.2, -0.15) is 13.2 Å². The largest absolute Gasteiger partial charge is 0.416 e. The summed E-state index contributed by atoms with van der Waals surface area (Å²) in [5.74, 6) is 0.960. The number of aromatic nitrogens is 2. The van der Waals surface area contributed by atoms with Crippen LogP contribution in [0.3, 0.4) is 0 Å². The molecule has 2 rings (SSSR count). The minimum absolute atomic E-state index is 0.298. The van der Waals surface area contributed by atoms with Crippen LogP contribution in [0.4, 0.5) is 30.5 Å². The van der Waals surface area contributed by atoms with Crippen molar-refractivity contribution < 1.29 is 13.2 Å². The fraction of sp³-hybridized carbons (Fsp3) is 0.231. The van der Waals surface area contributed by atoms with E-state index >= 15 is 0 Å². The molecule has 0 aliphatic carbocycles. The van der Waals surface area contributed by atoms with Gasteiger partial charge in [-0.3, -0.25) is 0 Å². The van der Waals surface area contributed by atoms with Crippen molar-refractivity contribution in [3.05, 3.63) is 40.6 Å². The highest BCUT2D eigenvalue weighted by Gasteiger charge is 2.30. The van der Waals surface area contributed by atoms with E-state index in [1.165, 1.54) is 18.5 Å². The molecule has 0 radical (unpaired) electrons. The number of nitrogens with zero attached hydrogens (tertiary/aromatic N) is 2. The van der Waals surface area contributed by atoms with E-state index in [-0.39, 0.29) is 0 Å². The van der Waals surface area contributed by atoms with E-state index in [1.807, 2.05) is 6.92 Å². The Morgan fingerprint density at radius 3 is 2.57 bits per heavy atom. The van der Waals surface area contributed by atoms with Crippen molar-refractivity contribution in [3.63, 3.8) is 0 Å². The van der Waals surface area contributed by atoms with Gasteiger partial charge in [0.25, 0.3) is 0 Å². The van der Waals surface area contributed by atoms with Crippen LogP contribution in [-0.2, 0) is 6.18 Å². The molecule has 0 bridgehead atoms. The van der Waals surface area contributed by atoms with Crippen LogP contribution in [0.5, 0.6) is 0 Å². The third-order valence-corrected chi connectivity index (χ3v) is 3.34. The van der Waals surface area contributed by atoms with Crippen molar-refractivity contribution in [2.75, 3.05) is 17.2 Å². The van der Waals surface area contributed by atoms with Gasteiger partial charge in [0.2, 0.25) is 0 Å². The first kappa shape index (κ1) is 15.6. The zero-order valence-corrected chi connectivity index (χ0v) is 12.6. The number of benzene rings is 1. The minimum Gasteiger partial charge on any atom is -0.369 e. The maximum Gasteiger partial charge on any atom is 0.416 e. The Hall–Kier alpha value is -1.83. The molecule has 2 aromatic rings. The lowest BCUT2D eigenvalue weighted by Crippen LogP contribution is -2.06. The van der Waals surface area contributed by atoms with Crippen molar-refractivity contribution >= 4 is 33.3 Å². The number of nitrogens with one attached hydrogen (secondary N) is 2. The Morgan fingerprint density at radius 2 is 1.90 bits per heavy atom. The van der Waals surface area contributed by atoms with Crippen LogP contribution in [0.2, 0.25) is 0 Å². The number of rotatable bonds is 4. The van der Waals surface area contributed by atoms with E-state index in [2.05, 4.69) is 36.5 Å². The van der Waals surface area contributed by atoms with E-state index in [1.54, 1.807) is 0 Å². The number of alkyl halides is 3. The van der Waals surface area contributed by atoms with Crippen LogP contribution >= 0.6 is 15.9 Å². The molecule has 112 valence electrons. The summed E-state index contributed by atoms with van der Waals surface area (Å²) in [6, 6.07) is 4.92. The summed E-state index contributed by atoms with van der Waals surface area (Å²) in [6.45, 7) is 2.58. The van der Waals surface area contributed by atoms with Gasteiger partial charge in [0, 0.05) is 12.2 Å². The Labute approximate surface area is 127 Å². The van der Waals surface area contributed by atoms with E-state index in [0.717, 1.165) is 12.1 Å². The molecule has 1 heterocycles. The summed E-state index contributed by atoms with van der Waals surface area (Å²) in [4.78, 5) is 8.06. The quantitative estimate of drug-likeness (QED) is 0.846. The molecule has 0 atom stereocenters. The molecule has 0 saturated carbocycles. The SMILES string of the molecule is CCNc1ncnc(Nc2cccc(C(F)(F)F)c2)c1Br. The molecule has 0 aliphatic rings. The van der Waals surface area contributed by atoms with Crippen LogP contribution in [0, 0.1) is 0 Å². The van der Waals surface area contributed by atoms with Crippen LogP contribution in [0.1, 0.15) is 12.5 Å². The second kappa shape index (κ2) is 6.30. The first-order valence-electron chi connectivity index (χ1n) is 6.10. The van der Waals surface area contributed by atoms with Gasteiger partial charge in [-0.05, 0) is 41.1 Å². The molecule has 0 unspecified atom stereocenters. The van der Waals surface area contributed by atoms with Gasteiger partial charge in [0.05, 0.1) is 5.56 Å². The molecule has 2 N–H and O–H groups in total. The third kappa shape index (κ3) is 3.84. The summed E-state index contributed by atoms with van der Waals surface area (Å²) in [5.41, 5.74) is -0.420. The second-order valence-electron chi connectivity index (χ2n) is 4.12. The lowest BCUT2D eigenvalue weighted by molar-refractivity contribution is -0.137. The molecule has 21 heavy (non-hydrogen) atoms. The minimum atomic E-state index is -4.38. The number of hydrogen-bond acceptors (Lipinski definition) is 4. The van der Waals surface area contributed by atoms with E-state index in [4.69, 9.17) is 0 Å². The zero-order chi connectivity index (χ0) is 15.5. The average Bonchev–Trinajstić information content (AvgIpc) is 2.43. The Bertz CT molecular complexity index is 631. The maximum absolute atomic E-state index is 12.7. The first-order valence-corrected chi connectivity index (χ1v) is 6.89. The fourth-order valence-electron chi connectivity index (χ4n) is 1.66. The molecule has 0 fully saturated rings. The molecular formula is C13H12BrF3N4. The van der Waals surface area contributed by atoms with Crippen LogP contribution in [0.15, 0.2) is 35.1 Å². The normalized spacial score (nSPS) is 11.3. The lowest BCUT2D eigenvalue weighted by atomic mass is 10.2. The molecule has 1 aromatic heterocycles. The molecule has 0 saturated heterocycles. The molecule has 8 heteroatoms. The Kier molecular flexibility index (Phi) is 4.66. The number of halogens is 4. The predicted molar refractivity (Wildman–Crippen MR) is 78.6 cm³/mol. The summed E-state index contributed by atoms with van der Waals surface area (Å²) in [5, 5.41) is 5.87. The Morgan fingerprint density at radius 1 is 1.19 bits per heavy atom. The Balaban J connectivity index is 2.28. The first-order chi connectivity index (χ1) is 9.91. The van der Waals surface area contributed by atoms with Crippen molar-refractivity contribution in [1.29, 1.82) is 0 Å². The standard InChI is InChI=1S/C13H12BrF3N4/c1-2-18-11-10(14)12(20-7-19-11)21-9-5-3-4-8(6-9)13(15,16)17/h3-7H,2H2,1H3,(H2,18,19,20,21). The van der Waals surface area contributed by atoms with Gasteiger partial charge in [0.15, 0.2) is 0 Å². The summed E-state index contributed by atoms with van der Waals surface area (Å²) >= 11 is 3.33. The monoisotopic (exact) mass is 360 g/mol. The summed E-state index contributed by atoms with van der Waals surface area (Å²) in [7, 11) is 0. The van der Waals surface area contributed by atoms with E-state index in [9.17, 15) is 13.2 Å². The molecule has 0 aliphatic heterocycles.